The van der Waals surface area contributed by atoms with Crippen molar-refractivity contribution in [2.24, 2.45) is 0 Å². The number of nitrogens with one attached hydrogen (secondary N) is 1. The summed E-state index contributed by atoms with van der Waals surface area (Å²) in [5.41, 5.74) is 1.12. The molecule has 1 aromatic heterocycles. The summed E-state index contributed by atoms with van der Waals surface area (Å²) in [6, 6.07) is 6.52. The van der Waals surface area contributed by atoms with Crippen LogP contribution < -0.4 is 10.2 Å². The number of rotatable bonds is 4. The highest BCUT2D eigenvalue weighted by atomic mass is 16.6. The second kappa shape index (κ2) is 6.07. The minimum absolute atomic E-state index is 0.138. The monoisotopic (exact) mass is 316 g/mol. The van der Waals surface area contributed by atoms with E-state index in [-0.39, 0.29) is 11.9 Å². The average Bonchev–Trinajstić information content (AvgIpc) is 3.16. The summed E-state index contributed by atoms with van der Waals surface area (Å²) in [4.78, 5) is 29.4. The van der Waals surface area contributed by atoms with Crippen molar-refractivity contribution >= 4 is 17.7 Å². The second-order valence-corrected chi connectivity index (χ2v) is 5.16. The molecule has 8 nitrogen and oxygen atoms in total. The van der Waals surface area contributed by atoms with Gasteiger partial charge in [0, 0.05) is 18.8 Å². The Kier molecular flexibility index (Phi) is 3.96. The van der Waals surface area contributed by atoms with Crippen LogP contribution in [0.2, 0.25) is 0 Å². The normalized spacial score (nSPS) is 15.4. The lowest BCUT2D eigenvalue weighted by atomic mass is 10.2. The molecule has 23 heavy (non-hydrogen) atoms. The van der Waals surface area contributed by atoms with Gasteiger partial charge in [-0.1, -0.05) is 5.16 Å². The van der Waals surface area contributed by atoms with Gasteiger partial charge in [0.15, 0.2) is 11.9 Å². The number of benzene rings is 1. The number of aryl methyl sites for hydroxylation is 1. The van der Waals surface area contributed by atoms with Gasteiger partial charge in [0.2, 0.25) is 0 Å². The van der Waals surface area contributed by atoms with Crippen LogP contribution in [0, 0.1) is 6.92 Å². The van der Waals surface area contributed by atoms with Crippen molar-refractivity contribution in [2.45, 2.75) is 20.0 Å². The molecule has 0 radical (unpaired) electrons. The van der Waals surface area contributed by atoms with Gasteiger partial charge in [-0.3, -0.25) is 4.90 Å². The van der Waals surface area contributed by atoms with Crippen molar-refractivity contribution in [3.8, 4) is 0 Å². The molecule has 3 rings (SSSR count). The molecule has 1 aliphatic heterocycles. The molecule has 1 unspecified atom stereocenters. The van der Waals surface area contributed by atoms with Crippen LogP contribution in [0.4, 0.5) is 10.5 Å². The molecule has 1 saturated heterocycles. The van der Waals surface area contributed by atoms with Crippen molar-refractivity contribution in [3.05, 3.63) is 41.5 Å². The highest BCUT2D eigenvalue weighted by molar-refractivity contribution is 5.95. The quantitative estimate of drug-likeness (QED) is 0.864. The number of hydrogen-bond acceptors (Lipinski definition) is 6. The van der Waals surface area contributed by atoms with Crippen molar-refractivity contribution in [1.82, 2.24) is 15.5 Å². The second-order valence-electron chi connectivity index (χ2n) is 5.16. The first-order valence-electron chi connectivity index (χ1n) is 7.21. The topological polar surface area (TPSA) is 97.6 Å². The lowest BCUT2D eigenvalue weighted by Gasteiger charge is -2.14. The van der Waals surface area contributed by atoms with E-state index in [0.29, 0.717) is 24.5 Å². The third-order valence-electron chi connectivity index (χ3n) is 3.45. The molecular formula is C15H16N4O4. The van der Waals surface area contributed by atoms with Crippen LogP contribution in [0.1, 0.15) is 35.1 Å². The van der Waals surface area contributed by atoms with Gasteiger partial charge in [-0.15, -0.1) is 0 Å². The summed E-state index contributed by atoms with van der Waals surface area (Å²) in [5, 5.41) is 6.38. The van der Waals surface area contributed by atoms with Gasteiger partial charge in [-0.2, -0.15) is 4.98 Å². The van der Waals surface area contributed by atoms with E-state index in [2.05, 4.69) is 15.5 Å². The highest BCUT2D eigenvalue weighted by Crippen LogP contribution is 2.20. The molecule has 2 aromatic rings. The Morgan fingerprint density at radius 2 is 2.13 bits per heavy atom. The van der Waals surface area contributed by atoms with Gasteiger partial charge >= 0.3 is 12.0 Å². The van der Waals surface area contributed by atoms with Crippen LogP contribution in [-0.4, -0.2) is 35.2 Å². The maximum Gasteiger partial charge on any atom is 0.338 e. The lowest BCUT2D eigenvalue weighted by molar-refractivity contribution is 0.0265. The molecule has 2 heterocycles. The van der Waals surface area contributed by atoms with Crippen molar-refractivity contribution in [3.63, 3.8) is 0 Å². The summed E-state index contributed by atoms with van der Waals surface area (Å²) < 4.78 is 10.3. The third kappa shape index (κ3) is 3.15. The molecule has 0 saturated carbocycles. The Hall–Kier alpha value is -2.90. The zero-order valence-electron chi connectivity index (χ0n) is 12.8. The fourth-order valence-electron chi connectivity index (χ4n) is 2.25. The first-order chi connectivity index (χ1) is 11.0. The first-order valence-corrected chi connectivity index (χ1v) is 7.21. The Bertz CT molecular complexity index is 725. The van der Waals surface area contributed by atoms with Gasteiger partial charge in [-0.25, -0.2) is 9.59 Å². The van der Waals surface area contributed by atoms with E-state index in [1.54, 1.807) is 43.0 Å². The SMILES string of the molecule is Cc1noc(C(C)OC(=O)c2ccc(N3CCNC3=O)cc2)n1. The number of amides is 2. The fraction of sp³-hybridized carbons (Fsp3) is 0.333. The number of carbonyl (C=O) groups is 2. The molecule has 1 aliphatic rings. The van der Waals surface area contributed by atoms with Crippen molar-refractivity contribution < 1.29 is 18.8 Å². The predicted octanol–water partition coefficient (Wildman–Crippen LogP) is 1.83. The van der Waals surface area contributed by atoms with Crippen LogP contribution in [0.3, 0.4) is 0 Å². The molecule has 1 atom stereocenters. The molecular weight excluding hydrogens is 300 g/mol. The number of aromatic nitrogens is 2. The molecule has 1 N–H and O–H groups in total. The minimum Gasteiger partial charge on any atom is -0.449 e. The van der Waals surface area contributed by atoms with Crippen LogP contribution in [0.25, 0.3) is 0 Å². The number of anilines is 1. The van der Waals surface area contributed by atoms with Crippen LogP contribution in [0.15, 0.2) is 28.8 Å². The Balaban J connectivity index is 1.67. The highest BCUT2D eigenvalue weighted by Gasteiger charge is 2.22. The van der Waals surface area contributed by atoms with E-state index < -0.39 is 12.1 Å². The average molecular weight is 316 g/mol. The number of nitrogens with zero attached hydrogens (tertiary/aromatic N) is 3. The summed E-state index contributed by atoms with van der Waals surface area (Å²) in [7, 11) is 0. The minimum atomic E-state index is -0.632. The summed E-state index contributed by atoms with van der Waals surface area (Å²) in [6.07, 6.45) is -0.632. The molecule has 1 aromatic carbocycles. The number of carbonyl (C=O) groups excluding carboxylic acids is 2. The van der Waals surface area contributed by atoms with E-state index in [1.165, 1.54) is 0 Å². The number of esters is 1. The van der Waals surface area contributed by atoms with Gasteiger partial charge in [0.05, 0.1) is 5.56 Å². The third-order valence-corrected chi connectivity index (χ3v) is 3.45. The van der Waals surface area contributed by atoms with E-state index in [0.717, 1.165) is 5.69 Å². The fourth-order valence-corrected chi connectivity index (χ4v) is 2.25. The molecule has 0 bridgehead atoms. The smallest absolute Gasteiger partial charge is 0.338 e. The number of urea groups is 1. The number of ether oxygens (including phenoxy) is 1. The maximum atomic E-state index is 12.1. The van der Waals surface area contributed by atoms with Gasteiger partial charge < -0.3 is 14.6 Å². The summed E-state index contributed by atoms with van der Waals surface area (Å²) >= 11 is 0. The molecule has 120 valence electrons. The van der Waals surface area contributed by atoms with Crippen molar-refractivity contribution in [1.29, 1.82) is 0 Å². The standard InChI is InChI=1S/C15H16N4O4/c1-9(13-17-10(2)18-23-13)22-14(20)11-3-5-12(6-4-11)19-8-7-16-15(19)21/h3-6,9H,7-8H2,1-2H3,(H,16,21). The Morgan fingerprint density at radius 3 is 2.70 bits per heavy atom. The zero-order chi connectivity index (χ0) is 16.4. The Morgan fingerprint density at radius 1 is 1.39 bits per heavy atom. The van der Waals surface area contributed by atoms with Gasteiger partial charge in [0.1, 0.15) is 0 Å². The van der Waals surface area contributed by atoms with Gasteiger partial charge in [-0.05, 0) is 38.1 Å². The molecule has 8 heteroatoms. The van der Waals surface area contributed by atoms with E-state index >= 15 is 0 Å². The van der Waals surface area contributed by atoms with Crippen molar-refractivity contribution in [2.75, 3.05) is 18.0 Å². The number of hydrogen-bond donors (Lipinski definition) is 1. The molecule has 2 amide bonds. The zero-order valence-corrected chi connectivity index (χ0v) is 12.8. The van der Waals surface area contributed by atoms with Crippen LogP contribution >= 0.6 is 0 Å². The molecule has 0 aliphatic carbocycles. The summed E-state index contributed by atoms with van der Waals surface area (Å²) in [5.74, 6) is 0.239. The van der Waals surface area contributed by atoms with E-state index in [9.17, 15) is 9.59 Å². The molecule has 0 spiro atoms. The maximum absolute atomic E-state index is 12.1. The summed E-state index contributed by atoms with van der Waals surface area (Å²) in [6.45, 7) is 4.57. The van der Waals surface area contributed by atoms with Crippen LogP contribution in [0.5, 0.6) is 0 Å². The van der Waals surface area contributed by atoms with Gasteiger partial charge in [0.25, 0.3) is 5.89 Å². The predicted molar refractivity (Wildman–Crippen MR) is 80.1 cm³/mol. The van der Waals surface area contributed by atoms with E-state index in [1.807, 2.05) is 0 Å². The largest absolute Gasteiger partial charge is 0.449 e. The van der Waals surface area contributed by atoms with Crippen LogP contribution in [-0.2, 0) is 4.74 Å². The Labute approximate surface area is 132 Å². The lowest BCUT2D eigenvalue weighted by Crippen LogP contribution is -2.27. The first kappa shape index (κ1) is 15.0. The van der Waals surface area contributed by atoms with E-state index in [4.69, 9.17) is 9.26 Å². The molecule has 1 fully saturated rings.